The van der Waals surface area contributed by atoms with E-state index in [1.807, 2.05) is 13.0 Å². The standard InChI is InChI=1S/C15H20ClN3O2/c1-10(9-17)18(2)14(20)13-6-7-19(15(13)21)12-5-3-4-11(16)8-12/h3-5,8,10,13H,6-7,9,17H2,1-2H3. The molecule has 0 saturated carbocycles. The summed E-state index contributed by atoms with van der Waals surface area (Å²) < 4.78 is 0. The van der Waals surface area contributed by atoms with Crippen LogP contribution in [0.2, 0.25) is 5.02 Å². The summed E-state index contributed by atoms with van der Waals surface area (Å²) in [5.74, 6) is -0.955. The highest BCUT2D eigenvalue weighted by Crippen LogP contribution is 2.28. The Hall–Kier alpha value is -1.59. The van der Waals surface area contributed by atoms with Gasteiger partial charge < -0.3 is 15.5 Å². The molecule has 1 aliphatic rings. The van der Waals surface area contributed by atoms with Gasteiger partial charge in [0.2, 0.25) is 11.8 Å². The predicted molar refractivity (Wildman–Crippen MR) is 83.2 cm³/mol. The second-order valence-electron chi connectivity index (χ2n) is 5.34. The van der Waals surface area contributed by atoms with E-state index >= 15 is 0 Å². The summed E-state index contributed by atoms with van der Waals surface area (Å²) >= 11 is 5.95. The number of halogens is 1. The van der Waals surface area contributed by atoms with Crippen LogP contribution in [0.3, 0.4) is 0 Å². The Morgan fingerprint density at radius 1 is 1.57 bits per heavy atom. The monoisotopic (exact) mass is 309 g/mol. The molecule has 1 aromatic carbocycles. The largest absolute Gasteiger partial charge is 0.341 e. The molecule has 0 aliphatic carbocycles. The maximum atomic E-state index is 12.5. The molecule has 2 unspecified atom stereocenters. The van der Waals surface area contributed by atoms with Crippen molar-refractivity contribution in [3.63, 3.8) is 0 Å². The van der Waals surface area contributed by atoms with E-state index < -0.39 is 5.92 Å². The molecule has 1 heterocycles. The van der Waals surface area contributed by atoms with Crippen molar-refractivity contribution in [1.82, 2.24) is 4.90 Å². The molecule has 1 saturated heterocycles. The SMILES string of the molecule is CC(CN)N(C)C(=O)C1CCN(c2cccc(Cl)c2)C1=O. The van der Waals surface area contributed by atoms with Crippen LogP contribution in [0.4, 0.5) is 5.69 Å². The molecule has 2 atom stereocenters. The summed E-state index contributed by atoms with van der Waals surface area (Å²) in [5.41, 5.74) is 6.31. The van der Waals surface area contributed by atoms with Crippen LogP contribution in [0.25, 0.3) is 0 Å². The molecule has 0 spiro atoms. The first kappa shape index (κ1) is 15.8. The number of likely N-dealkylation sites (N-methyl/N-ethyl adjacent to an activating group) is 1. The third-order valence-electron chi connectivity index (χ3n) is 3.97. The van der Waals surface area contributed by atoms with Crippen LogP contribution < -0.4 is 10.6 Å². The van der Waals surface area contributed by atoms with Gasteiger partial charge in [0.25, 0.3) is 0 Å². The molecule has 0 aromatic heterocycles. The summed E-state index contributed by atoms with van der Waals surface area (Å²) in [7, 11) is 1.69. The molecule has 6 heteroatoms. The lowest BCUT2D eigenvalue weighted by molar-refractivity contribution is -0.140. The van der Waals surface area contributed by atoms with Crippen molar-refractivity contribution in [2.45, 2.75) is 19.4 Å². The van der Waals surface area contributed by atoms with Gasteiger partial charge in [-0.2, -0.15) is 0 Å². The van der Waals surface area contributed by atoms with E-state index in [-0.39, 0.29) is 17.9 Å². The maximum absolute atomic E-state index is 12.5. The second kappa shape index (κ2) is 6.45. The molecule has 5 nitrogen and oxygen atoms in total. The topological polar surface area (TPSA) is 66.6 Å². The lowest BCUT2D eigenvalue weighted by atomic mass is 10.1. The molecule has 2 rings (SSSR count). The molecule has 0 radical (unpaired) electrons. The van der Waals surface area contributed by atoms with Crippen LogP contribution in [0.5, 0.6) is 0 Å². The minimum atomic E-state index is -0.622. The first-order valence-corrected chi connectivity index (χ1v) is 7.37. The lowest BCUT2D eigenvalue weighted by Crippen LogP contribution is -2.44. The zero-order valence-corrected chi connectivity index (χ0v) is 13.0. The molecule has 114 valence electrons. The van der Waals surface area contributed by atoms with Gasteiger partial charge in [0.15, 0.2) is 0 Å². The Kier molecular flexibility index (Phi) is 4.85. The van der Waals surface area contributed by atoms with Gasteiger partial charge in [0.1, 0.15) is 5.92 Å². The van der Waals surface area contributed by atoms with Crippen LogP contribution >= 0.6 is 11.6 Å². The van der Waals surface area contributed by atoms with E-state index in [0.29, 0.717) is 24.5 Å². The molecule has 1 fully saturated rings. The number of carbonyl (C=O) groups is 2. The van der Waals surface area contributed by atoms with Gasteiger partial charge in [-0.1, -0.05) is 17.7 Å². The number of anilines is 1. The molecule has 2 N–H and O–H groups in total. The van der Waals surface area contributed by atoms with Gasteiger partial charge >= 0.3 is 0 Å². The zero-order valence-electron chi connectivity index (χ0n) is 12.3. The summed E-state index contributed by atoms with van der Waals surface area (Å²) in [4.78, 5) is 28.1. The highest BCUT2D eigenvalue weighted by Gasteiger charge is 2.39. The van der Waals surface area contributed by atoms with Crippen LogP contribution in [0.1, 0.15) is 13.3 Å². The number of hydrogen-bond acceptors (Lipinski definition) is 3. The third kappa shape index (κ3) is 3.19. The van der Waals surface area contributed by atoms with E-state index in [0.717, 1.165) is 5.69 Å². The molecule has 0 bridgehead atoms. The van der Waals surface area contributed by atoms with Gasteiger partial charge in [-0.15, -0.1) is 0 Å². The molecule has 1 aromatic rings. The fourth-order valence-electron chi connectivity index (χ4n) is 2.43. The first-order chi connectivity index (χ1) is 9.95. The lowest BCUT2D eigenvalue weighted by Gasteiger charge is -2.26. The third-order valence-corrected chi connectivity index (χ3v) is 4.21. The van der Waals surface area contributed by atoms with Crippen LogP contribution in [-0.4, -0.2) is 42.9 Å². The van der Waals surface area contributed by atoms with Gasteiger partial charge in [-0.25, -0.2) is 0 Å². The summed E-state index contributed by atoms with van der Waals surface area (Å²) in [6, 6.07) is 7.03. The Morgan fingerprint density at radius 3 is 2.90 bits per heavy atom. The fraction of sp³-hybridized carbons (Fsp3) is 0.467. The number of carbonyl (C=O) groups excluding carboxylic acids is 2. The molecule has 21 heavy (non-hydrogen) atoms. The van der Waals surface area contributed by atoms with Crippen molar-refractivity contribution in [2.75, 3.05) is 25.0 Å². The predicted octanol–water partition coefficient (Wildman–Crippen LogP) is 1.50. The van der Waals surface area contributed by atoms with Gasteiger partial charge in [-0.05, 0) is 31.5 Å². The van der Waals surface area contributed by atoms with Gasteiger partial charge in [0.05, 0.1) is 0 Å². The van der Waals surface area contributed by atoms with E-state index in [9.17, 15) is 9.59 Å². The van der Waals surface area contributed by atoms with Crippen molar-refractivity contribution < 1.29 is 9.59 Å². The summed E-state index contributed by atoms with van der Waals surface area (Å²) in [6.45, 7) is 2.77. The zero-order chi connectivity index (χ0) is 15.6. The Balaban J connectivity index is 2.13. The van der Waals surface area contributed by atoms with Crippen molar-refractivity contribution in [3.05, 3.63) is 29.3 Å². The minimum Gasteiger partial charge on any atom is -0.341 e. The maximum Gasteiger partial charge on any atom is 0.239 e. The van der Waals surface area contributed by atoms with E-state index in [2.05, 4.69) is 0 Å². The summed E-state index contributed by atoms with van der Waals surface area (Å²) in [6.07, 6.45) is 0.520. The van der Waals surface area contributed by atoms with Crippen molar-refractivity contribution in [1.29, 1.82) is 0 Å². The Bertz CT molecular complexity index is 549. The van der Waals surface area contributed by atoms with Crippen LogP contribution in [0, 0.1) is 5.92 Å². The minimum absolute atomic E-state index is 0.0782. The van der Waals surface area contributed by atoms with Crippen molar-refractivity contribution in [2.24, 2.45) is 11.7 Å². The van der Waals surface area contributed by atoms with Crippen LogP contribution in [0.15, 0.2) is 24.3 Å². The Labute approximate surface area is 129 Å². The van der Waals surface area contributed by atoms with E-state index in [1.54, 1.807) is 35.0 Å². The first-order valence-electron chi connectivity index (χ1n) is 6.99. The quantitative estimate of drug-likeness (QED) is 0.857. The van der Waals surface area contributed by atoms with Gasteiger partial charge in [-0.3, -0.25) is 9.59 Å². The normalized spacial score (nSPS) is 19.7. The van der Waals surface area contributed by atoms with E-state index in [1.165, 1.54) is 0 Å². The van der Waals surface area contributed by atoms with Crippen molar-refractivity contribution in [3.8, 4) is 0 Å². The number of rotatable bonds is 4. The number of benzene rings is 1. The second-order valence-corrected chi connectivity index (χ2v) is 5.78. The molecule has 2 amide bonds. The number of nitrogens with two attached hydrogens (primary N) is 1. The van der Waals surface area contributed by atoms with Crippen LogP contribution in [-0.2, 0) is 9.59 Å². The fourth-order valence-corrected chi connectivity index (χ4v) is 2.62. The summed E-state index contributed by atoms with van der Waals surface area (Å²) in [5, 5.41) is 0.573. The molecule has 1 aliphatic heterocycles. The molecular formula is C15H20ClN3O2. The number of amides is 2. The van der Waals surface area contributed by atoms with Gasteiger partial charge in [0, 0.05) is 36.9 Å². The highest BCUT2D eigenvalue weighted by molar-refractivity contribution is 6.31. The highest BCUT2D eigenvalue weighted by atomic mass is 35.5. The average Bonchev–Trinajstić information content (AvgIpc) is 2.86. The smallest absolute Gasteiger partial charge is 0.239 e. The van der Waals surface area contributed by atoms with E-state index in [4.69, 9.17) is 17.3 Å². The Morgan fingerprint density at radius 2 is 2.29 bits per heavy atom. The average molecular weight is 310 g/mol. The molecular weight excluding hydrogens is 290 g/mol. The van der Waals surface area contributed by atoms with Crippen molar-refractivity contribution >= 4 is 29.1 Å². The number of hydrogen-bond donors (Lipinski definition) is 1. The number of nitrogens with zero attached hydrogens (tertiary/aromatic N) is 2.